The smallest absolute Gasteiger partial charge is 0.307 e. The summed E-state index contributed by atoms with van der Waals surface area (Å²) in [5, 5.41) is 29.3. The molecule has 2 saturated heterocycles. The van der Waals surface area contributed by atoms with Crippen molar-refractivity contribution < 1.29 is 28.9 Å². The number of rotatable bonds is 10. The summed E-state index contributed by atoms with van der Waals surface area (Å²) >= 11 is 0. The molecule has 52 heavy (non-hydrogen) atoms. The number of nitrogens with zero attached hydrogens (tertiary/aromatic N) is 5. The highest BCUT2D eigenvalue weighted by atomic mass is 16.5. The number of β-amino-alcohol motifs (C(OH)–C–C–N with tert-alkyl or cyclic N) is 1. The molecule has 3 atom stereocenters. The van der Waals surface area contributed by atoms with Crippen LogP contribution in [0.2, 0.25) is 0 Å². The van der Waals surface area contributed by atoms with Gasteiger partial charge in [-0.1, -0.05) is 30.3 Å². The Morgan fingerprint density at radius 2 is 1.77 bits per heavy atom. The van der Waals surface area contributed by atoms with Crippen LogP contribution in [-0.4, -0.2) is 75.3 Å². The second kappa shape index (κ2) is 14.0. The first-order valence-electron chi connectivity index (χ1n) is 17.9. The average Bonchev–Trinajstić information content (AvgIpc) is 3.96. The lowest BCUT2D eigenvalue weighted by molar-refractivity contribution is -0.141. The van der Waals surface area contributed by atoms with Crippen LogP contribution in [0.3, 0.4) is 0 Å². The third kappa shape index (κ3) is 6.50. The summed E-state index contributed by atoms with van der Waals surface area (Å²) in [6, 6.07) is 22.4. The van der Waals surface area contributed by atoms with Crippen molar-refractivity contribution in [1.82, 2.24) is 19.8 Å². The van der Waals surface area contributed by atoms with E-state index in [2.05, 4.69) is 47.1 Å². The standard InChI is InChI=1S/C41H41N5O6/c1-24-30(5-3-6-31(24)40-43-35-18-25(17-28(19-42)38(35)52-40)20-45-15-13-27(22-45)41(48)49)32-7-4-8-34-33(32)10-11-36(34)51-37-12-9-26(39(44-37)50-2)21-46-16-14-29(47)23-46/h3-9,12,17-18,27,29,36,47H,10-11,13-16,20-23H2,1-2H3,(H,48,49)/t27-,29-,36-/m1/s1. The minimum absolute atomic E-state index is 0.151. The lowest BCUT2D eigenvalue weighted by Crippen LogP contribution is -2.22. The molecule has 266 valence electrons. The fourth-order valence-electron chi connectivity index (χ4n) is 8.12. The van der Waals surface area contributed by atoms with E-state index in [4.69, 9.17) is 23.9 Å². The molecule has 11 nitrogen and oxygen atoms in total. The molecule has 0 radical (unpaired) electrons. The van der Waals surface area contributed by atoms with Gasteiger partial charge in [-0.2, -0.15) is 10.2 Å². The number of aromatic nitrogens is 2. The minimum atomic E-state index is -0.765. The van der Waals surface area contributed by atoms with E-state index in [-0.39, 0.29) is 18.1 Å². The zero-order valence-electron chi connectivity index (χ0n) is 29.3. The minimum Gasteiger partial charge on any atom is -0.481 e. The number of likely N-dealkylation sites (tertiary alicyclic amines) is 2. The Hall–Kier alpha value is -5.28. The van der Waals surface area contributed by atoms with E-state index in [0.717, 1.165) is 64.8 Å². The number of aliphatic hydroxyl groups excluding tert-OH is 1. The number of hydrogen-bond donors (Lipinski definition) is 2. The Balaban J connectivity index is 1.04. The number of aliphatic carboxylic acids is 1. The molecule has 8 rings (SSSR count). The molecular formula is C41H41N5O6. The van der Waals surface area contributed by atoms with Crippen molar-refractivity contribution in [2.24, 2.45) is 5.92 Å². The first-order chi connectivity index (χ1) is 25.3. The van der Waals surface area contributed by atoms with Crippen molar-refractivity contribution in [2.45, 2.75) is 57.9 Å². The van der Waals surface area contributed by atoms with Crippen LogP contribution in [-0.2, 0) is 24.3 Å². The number of carboxylic acid groups (broad SMARTS) is 1. The SMILES string of the molecule is COc1nc(O[C@@H]2CCc3c(-c4cccc(-c5nc6cc(CN7CC[C@@H](C(=O)O)C7)cc(C#N)c6o5)c4C)cccc32)ccc1CN1CC[C@@H](O)C1. The molecule has 11 heteroatoms. The molecule has 3 aromatic carbocycles. The van der Waals surface area contributed by atoms with Crippen LogP contribution in [0.4, 0.5) is 0 Å². The monoisotopic (exact) mass is 699 g/mol. The molecule has 0 amide bonds. The number of carboxylic acids is 1. The molecule has 1 aliphatic carbocycles. The van der Waals surface area contributed by atoms with E-state index < -0.39 is 5.97 Å². The summed E-state index contributed by atoms with van der Waals surface area (Å²) in [6.45, 7) is 5.99. The third-order valence-corrected chi connectivity index (χ3v) is 10.8. The van der Waals surface area contributed by atoms with E-state index in [1.807, 2.05) is 36.4 Å². The summed E-state index contributed by atoms with van der Waals surface area (Å²) in [4.78, 5) is 25.3. The topological polar surface area (TPSA) is 145 Å². The molecule has 3 aliphatic rings. The zero-order valence-corrected chi connectivity index (χ0v) is 29.3. The Kier molecular flexibility index (Phi) is 9.13. The van der Waals surface area contributed by atoms with E-state index >= 15 is 0 Å². The van der Waals surface area contributed by atoms with E-state index in [9.17, 15) is 20.3 Å². The quantitative estimate of drug-likeness (QED) is 0.170. The Morgan fingerprint density at radius 3 is 2.54 bits per heavy atom. The Labute approximate surface area is 302 Å². The number of oxazole rings is 1. The van der Waals surface area contributed by atoms with Gasteiger partial charge in [-0.25, -0.2) is 4.98 Å². The number of methoxy groups -OCH3 is 1. The Bertz CT molecular complexity index is 2210. The maximum atomic E-state index is 11.5. The molecule has 2 aliphatic heterocycles. The second-order valence-corrected chi connectivity index (χ2v) is 14.2. The summed E-state index contributed by atoms with van der Waals surface area (Å²) < 4.78 is 18.4. The second-order valence-electron chi connectivity index (χ2n) is 14.2. The van der Waals surface area contributed by atoms with Crippen molar-refractivity contribution in [3.63, 3.8) is 0 Å². The molecule has 0 saturated carbocycles. The molecule has 2 N–H and O–H groups in total. The van der Waals surface area contributed by atoms with Crippen molar-refractivity contribution in [3.8, 4) is 40.4 Å². The highest BCUT2D eigenvalue weighted by Crippen LogP contribution is 2.42. The van der Waals surface area contributed by atoms with Crippen molar-refractivity contribution in [1.29, 1.82) is 5.26 Å². The van der Waals surface area contributed by atoms with Gasteiger partial charge in [0.05, 0.1) is 24.7 Å². The summed E-state index contributed by atoms with van der Waals surface area (Å²) in [6.07, 6.45) is 2.65. The number of nitriles is 1. The van der Waals surface area contributed by atoms with Gasteiger partial charge in [0.15, 0.2) is 5.58 Å². The lowest BCUT2D eigenvalue weighted by atomic mass is 9.91. The molecule has 2 fully saturated rings. The van der Waals surface area contributed by atoms with Gasteiger partial charge in [0.1, 0.15) is 17.7 Å². The van der Waals surface area contributed by atoms with Crippen molar-refractivity contribution in [2.75, 3.05) is 33.3 Å². The predicted molar refractivity (Wildman–Crippen MR) is 194 cm³/mol. The van der Waals surface area contributed by atoms with Gasteiger partial charge in [0.25, 0.3) is 0 Å². The summed E-state index contributed by atoms with van der Waals surface area (Å²) in [7, 11) is 1.62. The van der Waals surface area contributed by atoms with Crippen LogP contribution in [0, 0.1) is 24.2 Å². The predicted octanol–water partition coefficient (Wildman–Crippen LogP) is 6.28. The van der Waals surface area contributed by atoms with Crippen LogP contribution >= 0.6 is 0 Å². The first-order valence-corrected chi connectivity index (χ1v) is 17.9. The van der Waals surface area contributed by atoms with E-state index in [0.29, 0.717) is 73.5 Å². The van der Waals surface area contributed by atoms with Crippen LogP contribution in [0.1, 0.15) is 58.7 Å². The van der Waals surface area contributed by atoms with Crippen molar-refractivity contribution in [3.05, 3.63) is 94.0 Å². The van der Waals surface area contributed by atoms with Crippen LogP contribution in [0.5, 0.6) is 11.8 Å². The molecule has 0 unspecified atom stereocenters. The fourth-order valence-corrected chi connectivity index (χ4v) is 8.12. The maximum Gasteiger partial charge on any atom is 0.307 e. The van der Waals surface area contributed by atoms with Crippen molar-refractivity contribution >= 4 is 17.1 Å². The highest BCUT2D eigenvalue weighted by molar-refractivity contribution is 5.85. The molecule has 4 heterocycles. The summed E-state index contributed by atoms with van der Waals surface area (Å²) in [5.74, 6) is 0.380. The van der Waals surface area contributed by atoms with E-state index in [1.54, 1.807) is 7.11 Å². The first kappa shape index (κ1) is 33.8. The number of aliphatic hydroxyl groups is 1. The van der Waals surface area contributed by atoms with Gasteiger partial charge in [0, 0.05) is 49.9 Å². The summed E-state index contributed by atoms with van der Waals surface area (Å²) in [5.41, 5.74) is 9.81. The van der Waals surface area contributed by atoms with Gasteiger partial charge in [-0.3, -0.25) is 14.6 Å². The van der Waals surface area contributed by atoms with Crippen LogP contribution < -0.4 is 9.47 Å². The molecule has 2 aromatic heterocycles. The Morgan fingerprint density at radius 1 is 0.981 bits per heavy atom. The molecule has 0 spiro atoms. The average molecular weight is 700 g/mol. The zero-order chi connectivity index (χ0) is 35.9. The molecule has 5 aromatic rings. The van der Waals surface area contributed by atoms with Crippen LogP contribution in [0.15, 0.2) is 65.1 Å². The normalized spacial score (nSPS) is 20.3. The lowest BCUT2D eigenvalue weighted by Gasteiger charge is -2.19. The molecular weight excluding hydrogens is 658 g/mol. The van der Waals surface area contributed by atoms with Gasteiger partial charge < -0.3 is 24.1 Å². The molecule has 0 bridgehead atoms. The van der Waals surface area contributed by atoms with Gasteiger partial charge in [-0.05, 0) is 96.8 Å². The van der Waals surface area contributed by atoms with Crippen LogP contribution in [0.25, 0.3) is 33.7 Å². The maximum absolute atomic E-state index is 11.5. The van der Waals surface area contributed by atoms with Gasteiger partial charge >= 0.3 is 5.97 Å². The van der Waals surface area contributed by atoms with Gasteiger partial charge in [0.2, 0.25) is 17.7 Å². The third-order valence-electron chi connectivity index (χ3n) is 10.8. The number of fused-ring (bicyclic) bond motifs is 2. The number of carbonyl (C=O) groups is 1. The number of benzene rings is 3. The number of hydrogen-bond acceptors (Lipinski definition) is 10. The largest absolute Gasteiger partial charge is 0.481 e. The number of ether oxygens (including phenoxy) is 2. The van der Waals surface area contributed by atoms with E-state index in [1.165, 1.54) is 5.56 Å². The number of pyridine rings is 1. The highest BCUT2D eigenvalue weighted by Gasteiger charge is 2.30. The van der Waals surface area contributed by atoms with Gasteiger partial charge in [-0.15, -0.1) is 0 Å². The fraction of sp³-hybridized carbons (Fsp3) is 0.366.